The fourth-order valence-electron chi connectivity index (χ4n) is 2.81. The molecule has 7 heteroatoms. The number of benzene rings is 2. The first-order valence-corrected chi connectivity index (χ1v) is 9.22. The van der Waals surface area contributed by atoms with Crippen molar-refractivity contribution in [2.75, 3.05) is 5.32 Å². The van der Waals surface area contributed by atoms with Gasteiger partial charge in [0.15, 0.2) is 0 Å². The maximum atomic E-state index is 12.6. The molecule has 2 amide bonds. The number of fused-ring (bicyclic) bond motifs is 1. The van der Waals surface area contributed by atoms with Gasteiger partial charge in [0.1, 0.15) is 6.04 Å². The van der Waals surface area contributed by atoms with Crippen molar-refractivity contribution in [1.29, 1.82) is 0 Å². The lowest BCUT2D eigenvalue weighted by Crippen LogP contribution is -2.44. The molecule has 6 nitrogen and oxygen atoms in total. The summed E-state index contributed by atoms with van der Waals surface area (Å²) in [6.45, 7) is 1.97. The standard InChI is InChI=1S/C20H21ClN4O2/c1-2-5-17(22-18(26)12-13-8-10-14(21)11-9-13)19(27)25-20-23-15-6-3-4-7-16(15)24-20/h3-4,6-11,17H,2,5,12H2,1H3,(H,22,26)(H2,23,24,25,27)/t17-/m1/s1. The zero-order valence-corrected chi connectivity index (χ0v) is 15.7. The summed E-state index contributed by atoms with van der Waals surface area (Å²) in [5, 5.41) is 6.18. The van der Waals surface area contributed by atoms with Gasteiger partial charge in [0.05, 0.1) is 17.5 Å². The molecule has 3 N–H and O–H groups in total. The molecule has 0 aliphatic rings. The van der Waals surface area contributed by atoms with Crippen LogP contribution in [0, 0.1) is 0 Å². The molecule has 1 heterocycles. The highest BCUT2D eigenvalue weighted by atomic mass is 35.5. The van der Waals surface area contributed by atoms with E-state index in [9.17, 15) is 9.59 Å². The van der Waals surface area contributed by atoms with Gasteiger partial charge >= 0.3 is 0 Å². The van der Waals surface area contributed by atoms with Gasteiger partial charge in [0.25, 0.3) is 0 Å². The third-order valence-electron chi connectivity index (χ3n) is 4.14. The number of rotatable bonds is 7. The molecule has 0 aliphatic heterocycles. The number of para-hydroxylation sites is 2. The largest absolute Gasteiger partial charge is 0.344 e. The van der Waals surface area contributed by atoms with Crippen molar-refractivity contribution in [2.24, 2.45) is 0 Å². The van der Waals surface area contributed by atoms with Crippen molar-refractivity contribution in [3.05, 3.63) is 59.1 Å². The van der Waals surface area contributed by atoms with Crippen LogP contribution in [0.25, 0.3) is 11.0 Å². The zero-order valence-electron chi connectivity index (χ0n) is 15.0. The van der Waals surface area contributed by atoms with Gasteiger partial charge in [-0.15, -0.1) is 0 Å². The van der Waals surface area contributed by atoms with E-state index in [4.69, 9.17) is 11.6 Å². The monoisotopic (exact) mass is 384 g/mol. The number of carbonyl (C=O) groups excluding carboxylic acids is 2. The fourth-order valence-corrected chi connectivity index (χ4v) is 2.93. The second-order valence-corrected chi connectivity index (χ2v) is 6.74. The first-order valence-electron chi connectivity index (χ1n) is 8.84. The van der Waals surface area contributed by atoms with Crippen LogP contribution in [0.1, 0.15) is 25.3 Å². The number of halogens is 1. The number of hydrogen-bond donors (Lipinski definition) is 3. The van der Waals surface area contributed by atoms with Gasteiger partial charge in [0.2, 0.25) is 17.8 Å². The van der Waals surface area contributed by atoms with Gasteiger partial charge in [0, 0.05) is 5.02 Å². The van der Waals surface area contributed by atoms with Gasteiger partial charge < -0.3 is 10.3 Å². The van der Waals surface area contributed by atoms with Crippen molar-refractivity contribution in [1.82, 2.24) is 15.3 Å². The van der Waals surface area contributed by atoms with E-state index < -0.39 is 6.04 Å². The lowest BCUT2D eigenvalue weighted by Gasteiger charge is -2.17. The summed E-state index contributed by atoms with van der Waals surface area (Å²) in [5.74, 6) is -0.134. The number of H-pyrrole nitrogens is 1. The fraction of sp³-hybridized carbons (Fsp3) is 0.250. The maximum absolute atomic E-state index is 12.6. The Morgan fingerprint density at radius 1 is 1.15 bits per heavy atom. The van der Waals surface area contributed by atoms with Gasteiger partial charge in [-0.25, -0.2) is 4.98 Å². The van der Waals surface area contributed by atoms with Crippen molar-refractivity contribution >= 4 is 40.4 Å². The minimum absolute atomic E-state index is 0.190. The number of aromatic amines is 1. The summed E-state index contributed by atoms with van der Waals surface area (Å²) in [4.78, 5) is 32.3. The van der Waals surface area contributed by atoms with E-state index in [1.807, 2.05) is 31.2 Å². The zero-order chi connectivity index (χ0) is 19.2. The molecule has 1 atom stereocenters. The molecule has 140 valence electrons. The molecular weight excluding hydrogens is 364 g/mol. The number of amides is 2. The van der Waals surface area contributed by atoms with Crippen LogP contribution in [-0.2, 0) is 16.0 Å². The van der Waals surface area contributed by atoms with Crippen LogP contribution in [-0.4, -0.2) is 27.8 Å². The minimum atomic E-state index is -0.622. The Labute approximate surface area is 162 Å². The second kappa shape index (κ2) is 8.68. The molecule has 3 rings (SSSR count). The van der Waals surface area contributed by atoms with Crippen LogP contribution in [0.3, 0.4) is 0 Å². The summed E-state index contributed by atoms with van der Waals surface area (Å²) in [5.41, 5.74) is 2.45. The normalized spacial score (nSPS) is 11.9. The Hall–Kier alpha value is -2.86. The Balaban J connectivity index is 1.63. The number of hydrogen-bond acceptors (Lipinski definition) is 3. The molecule has 27 heavy (non-hydrogen) atoms. The van der Waals surface area contributed by atoms with Gasteiger partial charge in [-0.2, -0.15) is 0 Å². The molecule has 0 aliphatic carbocycles. The van der Waals surface area contributed by atoms with Crippen LogP contribution in [0.5, 0.6) is 0 Å². The number of anilines is 1. The van der Waals surface area contributed by atoms with Crippen molar-refractivity contribution in [3.63, 3.8) is 0 Å². The molecule has 0 bridgehead atoms. The van der Waals surface area contributed by atoms with Gasteiger partial charge in [-0.3, -0.25) is 14.9 Å². The third kappa shape index (κ3) is 5.08. The minimum Gasteiger partial charge on any atom is -0.344 e. The summed E-state index contributed by atoms with van der Waals surface area (Å²) in [6, 6.07) is 14.0. The molecule has 0 saturated heterocycles. The summed E-state index contributed by atoms with van der Waals surface area (Å²) < 4.78 is 0. The van der Waals surface area contributed by atoms with Gasteiger partial charge in [-0.1, -0.05) is 49.2 Å². The number of nitrogens with one attached hydrogen (secondary N) is 3. The molecule has 0 spiro atoms. The van der Waals surface area contributed by atoms with E-state index in [1.165, 1.54) is 0 Å². The highest BCUT2D eigenvalue weighted by Crippen LogP contribution is 2.14. The van der Waals surface area contributed by atoms with Crippen molar-refractivity contribution in [3.8, 4) is 0 Å². The van der Waals surface area contributed by atoms with Crippen LogP contribution in [0.2, 0.25) is 5.02 Å². The Kier molecular flexibility index (Phi) is 6.08. The second-order valence-electron chi connectivity index (χ2n) is 6.30. The molecule has 3 aromatic rings. The highest BCUT2D eigenvalue weighted by molar-refractivity contribution is 6.30. The van der Waals surface area contributed by atoms with Crippen LogP contribution < -0.4 is 10.6 Å². The Morgan fingerprint density at radius 3 is 2.59 bits per heavy atom. The molecule has 2 aromatic carbocycles. The molecule has 1 aromatic heterocycles. The number of nitrogens with zero attached hydrogens (tertiary/aromatic N) is 1. The lowest BCUT2D eigenvalue weighted by atomic mass is 10.1. The predicted octanol–water partition coefficient (Wildman–Crippen LogP) is 3.68. The van der Waals surface area contributed by atoms with Crippen LogP contribution >= 0.6 is 11.6 Å². The molecular formula is C20H21ClN4O2. The Bertz CT molecular complexity index is 904. The lowest BCUT2D eigenvalue weighted by molar-refractivity contribution is -0.126. The van der Waals surface area contributed by atoms with Gasteiger partial charge in [-0.05, 0) is 36.2 Å². The topological polar surface area (TPSA) is 86.9 Å². The first kappa shape index (κ1) is 18.9. The SMILES string of the molecule is CCC[C@@H](NC(=O)Cc1ccc(Cl)cc1)C(=O)Nc1nc2ccccc2[nH]1. The molecule has 0 unspecified atom stereocenters. The summed E-state index contributed by atoms with van der Waals surface area (Å²) in [7, 11) is 0. The van der Waals surface area contributed by atoms with E-state index in [0.717, 1.165) is 23.0 Å². The van der Waals surface area contributed by atoms with Crippen LogP contribution in [0.15, 0.2) is 48.5 Å². The predicted molar refractivity (Wildman–Crippen MR) is 107 cm³/mol. The number of aromatic nitrogens is 2. The summed E-state index contributed by atoms with van der Waals surface area (Å²) in [6.07, 6.45) is 1.49. The maximum Gasteiger partial charge on any atom is 0.249 e. The highest BCUT2D eigenvalue weighted by Gasteiger charge is 2.21. The Morgan fingerprint density at radius 2 is 1.89 bits per heavy atom. The quantitative estimate of drug-likeness (QED) is 0.580. The van der Waals surface area contributed by atoms with E-state index in [2.05, 4.69) is 20.6 Å². The van der Waals surface area contributed by atoms with Crippen LogP contribution in [0.4, 0.5) is 5.95 Å². The summed E-state index contributed by atoms with van der Waals surface area (Å²) >= 11 is 5.86. The number of carbonyl (C=O) groups is 2. The smallest absolute Gasteiger partial charge is 0.249 e. The molecule has 0 radical (unpaired) electrons. The van der Waals surface area contributed by atoms with E-state index in [0.29, 0.717) is 17.4 Å². The average molecular weight is 385 g/mol. The first-order chi connectivity index (χ1) is 13.0. The van der Waals surface area contributed by atoms with E-state index in [1.54, 1.807) is 24.3 Å². The van der Waals surface area contributed by atoms with Crippen molar-refractivity contribution < 1.29 is 9.59 Å². The molecule has 0 saturated carbocycles. The van der Waals surface area contributed by atoms with E-state index >= 15 is 0 Å². The van der Waals surface area contributed by atoms with Crippen molar-refractivity contribution in [2.45, 2.75) is 32.2 Å². The molecule has 0 fully saturated rings. The number of imidazole rings is 1. The van der Waals surface area contributed by atoms with E-state index in [-0.39, 0.29) is 18.2 Å². The third-order valence-corrected chi connectivity index (χ3v) is 4.39. The average Bonchev–Trinajstić information content (AvgIpc) is 3.05.